The molecule has 174 valence electrons. The first-order valence-electron chi connectivity index (χ1n) is 11.6. The van der Waals surface area contributed by atoms with Gasteiger partial charge in [-0.25, -0.2) is 0 Å². The normalized spacial score (nSPS) is 19.2. The van der Waals surface area contributed by atoms with Crippen LogP contribution in [0.5, 0.6) is 0 Å². The maximum absolute atomic E-state index is 6.44. The molecule has 29 heavy (non-hydrogen) atoms. The van der Waals surface area contributed by atoms with E-state index < -0.39 is 21.1 Å². The molecule has 1 rings (SSSR count). The SMILES string of the molecule is CCCO[Si](OCCC)(OCCC)C(CC)OC(CC)OC1(CC)OCCCO1. The monoisotopic (exact) mass is 436 g/mol. The van der Waals surface area contributed by atoms with Crippen LogP contribution in [0.2, 0.25) is 0 Å². The largest absolute Gasteiger partial charge is 0.531 e. The number of ether oxygens (including phenoxy) is 4. The Morgan fingerprint density at radius 2 is 1.31 bits per heavy atom. The summed E-state index contributed by atoms with van der Waals surface area (Å²) in [4.78, 5) is 0. The molecule has 2 unspecified atom stereocenters. The second-order valence-corrected chi connectivity index (χ2v) is 9.94. The van der Waals surface area contributed by atoms with Crippen LogP contribution in [0.25, 0.3) is 0 Å². The molecule has 1 aliphatic rings. The Kier molecular flexibility index (Phi) is 13.8. The maximum atomic E-state index is 6.44. The molecule has 1 aliphatic heterocycles. The molecule has 0 saturated carbocycles. The van der Waals surface area contributed by atoms with Crippen molar-refractivity contribution in [2.24, 2.45) is 0 Å². The Labute approximate surface area is 179 Å². The standard InChI is InChI=1S/C21H44O7Si/c1-7-14-24-29(25-15-8-2,26-16-9-3)20(11-5)27-19(10-4)28-21(12-6)22-17-13-18-23-21/h19-20H,7-18H2,1-6H3. The highest BCUT2D eigenvalue weighted by molar-refractivity contribution is 6.62. The van der Waals surface area contributed by atoms with E-state index in [1.54, 1.807) is 0 Å². The zero-order chi connectivity index (χ0) is 21.6. The minimum Gasteiger partial charge on any atom is -0.372 e. The quantitative estimate of drug-likeness (QED) is 0.240. The minimum absolute atomic E-state index is 0.311. The summed E-state index contributed by atoms with van der Waals surface area (Å²) in [5.41, 5.74) is -0.311. The third-order valence-electron chi connectivity index (χ3n) is 4.61. The van der Waals surface area contributed by atoms with E-state index in [-0.39, 0.29) is 5.73 Å². The Morgan fingerprint density at radius 1 is 0.793 bits per heavy atom. The molecule has 2 atom stereocenters. The summed E-state index contributed by atoms with van der Waals surface area (Å²) < 4.78 is 43.1. The predicted molar refractivity (Wildman–Crippen MR) is 114 cm³/mol. The van der Waals surface area contributed by atoms with E-state index in [0.717, 1.165) is 25.7 Å². The summed E-state index contributed by atoms with van der Waals surface area (Å²) in [5, 5.41) is 0. The first kappa shape index (κ1) is 27.0. The Bertz CT molecular complexity index is 383. The Morgan fingerprint density at radius 3 is 1.69 bits per heavy atom. The lowest BCUT2D eigenvalue weighted by Crippen LogP contribution is -2.59. The Hall–Kier alpha value is -0.0631. The van der Waals surface area contributed by atoms with Crippen LogP contribution in [0, 0.1) is 0 Å². The molecule has 0 bridgehead atoms. The van der Waals surface area contributed by atoms with Crippen LogP contribution in [0.1, 0.15) is 86.5 Å². The molecule has 1 saturated heterocycles. The van der Waals surface area contributed by atoms with E-state index in [1.165, 1.54) is 0 Å². The van der Waals surface area contributed by atoms with Crippen LogP contribution < -0.4 is 0 Å². The molecule has 0 radical (unpaired) electrons. The molecule has 0 aliphatic carbocycles. The highest BCUT2D eigenvalue weighted by Gasteiger charge is 2.51. The summed E-state index contributed by atoms with van der Waals surface area (Å²) in [6.45, 7) is 15.4. The van der Waals surface area contributed by atoms with Gasteiger partial charge in [0.2, 0.25) is 0 Å². The highest BCUT2D eigenvalue weighted by Crippen LogP contribution is 2.30. The topological polar surface area (TPSA) is 64.6 Å². The van der Waals surface area contributed by atoms with Gasteiger partial charge in [-0.15, -0.1) is 0 Å². The third-order valence-corrected chi connectivity index (χ3v) is 7.77. The van der Waals surface area contributed by atoms with Crippen LogP contribution in [0.3, 0.4) is 0 Å². The van der Waals surface area contributed by atoms with Crippen molar-refractivity contribution in [3.63, 3.8) is 0 Å². The van der Waals surface area contributed by atoms with Gasteiger partial charge < -0.3 is 27.5 Å². The van der Waals surface area contributed by atoms with E-state index >= 15 is 0 Å². The van der Waals surface area contributed by atoms with Crippen LogP contribution in [-0.2, 0) is 32.2 Å². The first-order valence-corrected chi connectivity index (χ1v) is 13.4. The first-order chi connectivity index (χ1) is 14.0. The van der Waals surface area contributed by atoms with Gasteiger partial charge in [0.05, 0.1) is 13.2 Å². The van der Waals surface area contributed by atoms with Gasteiger partial charge in [-0.1, -0.05) is 41.5 Å². The van der Waals surface area contributed by atoms with Crippen molar-refractivity contribution >= 4 is 8.80 Å². The molecule has 0 aromatic carbocycles. The Balaban J connectivity index is 2.99. The summed E-state index contributed by atoms with van der Waals surface area (Å²) in [7, 11) is -3.05. The van der Waals surface area contributed by atoms with E-state index in [9.17, 15) is 0 Å². The van der Waals surface area contributed by atoms with Crippen molar-refractivity contribution in [1.29, 1.82) is 0 Å². The predicted octanol–water partition coefficient (Wildman–Crippen LogP) is 4.79. The van der Waals surface area contributed by atoms with Gasteiger partial charge in [0.25, 0.3) is 5.97 Å². The minimum atomic E-state index is -3.05. The summed E-state index contributed by atoms with van der Waals surface area (Å²) in [6, 6.07) is 0. The van der Waals surface area contributed by atoms with Gasteiger partial charge >= 0.3 is 8.80 Å². The molecule has 8 heteroatoms. The lowest BCUT2D eigenvalue weighted by Gasteiger charge is -2.41. The lowest BCUT2D eigenvalue weighted by atomic mass is 10.3. The third kappa shape index (κ3) is 8.53. The zero-order valence-electron chi connectivity index (χ0n) is 19.5. The fourth-order valence-electron chi connectivity index (χ4n) is 3.07. The van der Waals surface area contributed by atoms with Crippen molar-refractivity contribution < 1.29 is 32.2 Å². The molecule has 0 aromatic rings. The van der Waals surface area contributed by atoms with Crippen LogP contribution in [0.15, 0.2) is 0 Å². The summed E-state index contributed by atoms with van der Waals surface area (Å²) in [5.74, 6) is -1.04. The molecule has 1 fully saturated rings. The maximum Gasteiger partial charge on any atom is 0.531 e. The van der Waals surface area contributed by atoms with E-state index in [1.807, 2.05) is 13.8 Å². The van der Waals surface area contributed by atoms with Crippen LogP contribution in [0.4, 0.5) is 0 Å². The van der Waals surface area contributed by atoms with Gasteiger partial charge in [-0.3, -0.25) is 4.74 Å². The molecule has 0 amide bonds. The molecule has 7 nitrogen and oxygen atoms in total. The summed E-state index contributed by atoms with van der Waals surface area (Å²) >= 11 is 0. The smallest absolute Gasteiger partial charge is 0.372 e. The van der Waals surface area contributed by atoms with Gasteiger partial charge in [0.15, 0.2) is 6.29 Å². The fourth-order valence-corrected chi connectivity index (χ4v) is 6.16. The van der Waals surface area contributed by atoms with Gasteiger partial charge in [0, 0.05) is 26.2 Å². The van der Waals surface area contributed by atoms with Crippen LogP contribution in [-0.4, -0.2) is 59.8 Å². The molecule has 0 aromatic heterocycles. The van der Waals surface area contributed by atoms with Gasteiger partial charge in [-0.05, 0) is 38.5 Å². The van der Waals surface area contributed by atoms with E-state index in [0.29, 0.717) is 52.3 Å². The second-order valence-electron chi connectivity index (χ2n) is 7.22. The van der Waals surface area contributed by atoms with Gasteiger partial charge in [-0.2, -0.15) is 0 Å². The highest BCUT2D eigenvalue weighted by atomic mass is 28.4. The number of rotatable bonds is 17. The molecular formula is C21H44O7Si. The molecule has 0 N–H and O–H groups in total. The van der Waals surface area contributed by atoms with Crippen molar-refractivity contribution in [2.75, 3.05) is 33.0 Å². The molecular weight excluding hydrogens is 392 g/mol. The van der Waals surface area contributed by atoms with Crippen molar-refractivity contribution in [3.05, 3.63) is 0 Å². The zero-order valence-corrected chi connectivity index (χ0v) is 20.5. The average molecular weight is 437 g/mol. The summed E-state index contributed by atoms with van der Waals surface area (Å²) in [6.07, 6.45) is 5.02. The van der Waals surface area contributed by atoms with Gasteiger partial charge in [0.1, 0.15) is 5.73 Å². The van der Waals surface area contributed by atoms with Crippen molar-refractivity contribution in [2.45, 2.75) is 104 Å². The van der Waals surface area contributed by atoms with Crippen molar-refractivity contribution in [1.82, 2.24) is 0 Å². The second kappa shape index (κ2) is 14.9. The lowest BCUT2D eigenvalue weighted by molar-refractivity contribution is -0.436. The number of hydrogen-bond donors (Lipinski definition) is 0. The van der Waals surface area contributed by atoms with E-state index in [2.05, 4.69) is 27.7 Å². The molecule has 1 heterocycles. The van der Waals surface area contributed by atoms with Crippen LogP contribution >= 0.6 is 0 Å². The van der Waals surface area contributed by atoms with Crippen molar-refractivity contribution in [3.8, 4) is 0 Å². The molecule has 0 spiro atoms. The average Bonchev–Trinajstić information content (AvgIpc) is 2.77. The van der Waals surface area contributed by atoms with E-state index in [4.69, 9.17) is 32.2 Å². The number of hydrogen-bond acceptors (Lipinski definition) is 7. The fraction of sp³-hybridized carbons (Fsp3) is 1.00.